The molecule has 10 heteroatoms. The van der Waals surface area contributed by atoms with E-state index in [-0.39, 0.29) is 12.0 Å². The Hall–Kier alpha value is -1.26. The molecule has 2 saturated carbocycles. The van der Waals surface area contributed by atoms with Gasteiger partial charge in [0.05, 0.1) is 30.6 Å². The molecule has 1 saturated heterocycles. The molecule has 1 amide bonds. The van der Waals surface area contributed by atoms with Crippen LogP contribution in [0.15, 0.2) is 4.99 Å². The SMILES string of the molecule is CC(C)CC(N)=NC1CCC2CC(O)C(N3CC(=O)NS3(=O)=O)C(F)C2C1. The summed E-state index contributed by atoms with van der Waals surface area (Å²) >= 11 is 0. The normalized spacial score (nSPS) is 40.0. The Balaban J connectivity index is 1.76. The van der Waals surface area contributed by atoms with Crippen LogP contribution in [0.2, 0.25) is 0 Å². The molecule has 0 radical (unpaired) electrons. The van der Waals surface area contributed by atoms with Crippen LogP contribution in [-0.2, 0) is 15.0 Å². The van der Waals surface area contributed by atoms with Gasteiger partial charge < -0.3 is 10.8 Å². The van der Waals surface area contributed by atoms with E-state index in [1.54, 1.807) is 0 Å². The van der Waals surface area contributed by atoms with Crippen molar-refractivity contribution < 1.29 is 22.7 Å². The molecule has 6 atom stereocenters. The minimum absolute atomic E-state index is 0.0157. The van der Waals surface area contributed by atoms with Gasteiger partial charge in [0.25, 0.3) is 0 Å². The molecule has 0 bridgehead atoms. The van der Waals surface area contributed by atoms with E-state index in [4.69, 9.17) is 5.73 Å². The number of halogens is 1. The van der Waals surface area contributed by atoms with Gasteiger partial charge >= 0.3 is 10.2 Å². The van der Waals surface area contributed by atoms with Crippen molar-refractivity contribution in [3.05, 3.63) is 0 Å². The molecule has 2 aliphatic carbocycles. The number of rotatable bonds is 4. The highest BCUT2D eigenvalue weighted by Crippen LogP contribution is 2.45. The number of nitrogens with zero attached hydrogens (tertiary/aromatic N) is 2. The molecule has 1 aliphatic heterocycles. The number of hydrogen-bond acceptors (Lipinski definition) is 5. The number of aliphatic imine (C=N–C) groups is 1. The van der Waals surface area contributed by atoms with Gasteiger partial charge in [0, 0.05) is 6.42 Å². The molecule has 0 spiro atoms. The van der Waals surface area contributed by atoms with Crippen molar-refractivity contribution in [2.75, 3.05) is 6.54 Å². The number of nitrogens with one attached hydrogen (secondary N) is 1. The molecule has 27 heavy (non-hydrogen) atoms. The molecule has 8 nitrogen and oxygen atoms in total. The van der Waals surface area contributed by atoms with E-state index in [0.717, 1.165) is 17.1 Å². The average Bonchev–Trinajstić information content (AvgIpc) is 2.79. The van der Waals surface area contributed by atoms with E-state index in [2.05, 4.69) is 18.8 Å². The zero-order valence-corrected chi connectivity index (χ0v) is 16.5. The van der Waals surface area contributed by atoms with Gasteiger partial charge in [-0.15, -0.1) is 0 Å². The van der Waals surface area contributed by atoms with Crippen LogP contribution in [0.5, 0.6) is 0 Å². The van der Waals surface area contributed by atoms with Gasteiger partial charge in [-0.25, -0.2) is 9.11 Å². The van der Waals surface area contributed by atoms with Crippen LogP contribution in [0.3, 0.4) is 0 Å². The van der Waals surface area contributed by atoms with Crippen molar-refractivity contribution in [1.29, 1.82) is 0 Å². The van der Waals surface area contributed by atoms with Crippen LogP contribution in [-0.4, -0.2) is 60.5 Å². The van der Waals surface area contributed by atoms with Gasteiger partial charge in [0.2, 0.25) is 5.91 Å². The smallest absolute Gasteiger partial charge is 0.304 e. The van der Waals surface area contributed by atoms with E-state index in [1.165, 1.54) is 0 Å². The molecule has 3 rings (SSSR count). The molecule has 4 N–H and O–H groups in total. The van der Waals surface area contributed by atoms with Gasteiger partial charge in [-0.1, -0.05) is 13.8 Å². The summed E-state index contributed by atoms with van der Waals surface area (Å²) in [4.78, 5) is 16.1. The van der Waals surface area contributed by atoms with Crippen LogP contribution >= 0.6 is 0 Å². The lowest BCUT2D eigenvalue weighted by Crippen LogP contribution is -2.59. The summed E-state index contributed by atoms with van der Waals surface area (Å²) in [5, 5.41) is 10.4. The van der Waals surface area contributed by atoms with Gasteiger partial charge in [0.15, 0.2) is 0 Å². The van der Waals surface area contributed by atoms with Crippen molar-refractivity contribution >= 4 is 22.0 Å². The van der Waals surface area contributed by atoms with Crippen molar-refractivity contribution in [2.45, 2.75) is 70.3 Å². The number of carbonyl (C=O) groups excluding carboxylic acids is 1. The fourth-order valence-corrected chi connectivity index (χ4v) is 6.08. The average molecular weight is 405 g/mol. The Kier molecular flexibility index (Phi) is 5.79. The van der Waals surface area contributed by atoms with E-state index < -0.39 is 46.9 Å². The van der Waals surface area contributed by atoms with Crippen LogP contribution in [0.4, 0.5) is 4.39 Å². The molecule has 0 aromatic heterocycles. The molecule has 0 aromatic rings. The number of nitrogens with two attached hydrogens (primary N) is 1. The first-order valence-corrected chi connectivity index (χ1v) is 11.0. The number of carbonyl (C=O) groups is 1. The molecule has 3 aliphatic rings. The van der Waals surface area contributed by atoms with E-state index >= 15 is 4.39 Å². The molecular weight excluding hydrogens is 375 g/mol. The highest BCUT2D eigenvalue weighted by molar-refractivity contribution is 7.88. The summed E-state index contributed by atoms with van der Waals surface area (Å²) in [7, 11) is -4.10. The molecule has 6 unspecified atom stereocenters. The highest BCUT2D eigenvalue weighted by atomic mass is 32.2. The second-order valence-electron chi connectivity index (χ2n) is 8.42. The molecule has 154 valence electrons. The quantitative estimate of drug-likeness (QED) is 0.460. The molecular formula is C17H29FN4O4S. The summed E-state index contributed by atoms with van der Waals surface area (Å²) < 4.78 is 42.2. The zero-order valence-electron chi connectivity index (χ0n) is 15.7. The third-order valence-electron chi connectivity index (χ3n) is 5.84. The summed E-state index contributed by atoms with van der Waals surface area (Å²) in [5.74, 6) is -0.174. The van der Waals surface area contributed by atoms with Crippen LogP contribution in [0.1, 0.15) is 46.0 Å². The maximum Gasteiger partial charge on any atom is 0.304 e. The monoisotopic (exact) mass is 404 g/mol. The lowest BCUT2D eigenvalue weighted by atomic mass is 9.66. The van der Waals surface area contributed by atoms with Crippen molar-refractivity contribution in [1.82, 2.24) is 9.03 Å². The van der Waals surface area contributed by atoms with Gasteiger partial charge in [-0.2, -0.15) is 12.7 Å². The third kappa shape index (κ3) is 4.27. The standard InChI is InChI=1S/C17H29FN4O4S/c1-9(2)5-14(19)20-11-4-3-10-6-13(23)17(16(18)12(10)7-11)22-8-15(24)21-27(22,25)26/h9-13,16-17,23H,3-8H2,1-2H3,(H2,19,20)(H,21,24). The Morgan fingerprint density at radius 3 is 2.70 bits per heavy atom. The van der Waals surface area contributed by atoms with E-state index in [9.17, 15) is 18.3 Å². The van der Waals surface area contributed by atoms with E-state index in [0.29, 0.717) is 31.0 Å². The number of amidine groups is 1. The van der Waals surface area contributed by atoms with Gasteiger partial charge in [0.1, 0.15) is 6.17 Å². The fourth-order valence-electron chi connectivity index (χ4n) is 4.74. The van der Waals surface area contributed by atoms with Crippen LogP contribution in [0.25, 0.3) is 0 Å². The fraction of sp³-hybridized carbons (Fsp3) is 0.882. The Morgan fingerprint density at radius 2 is 2.11 bits per heavy atom. The first-order chi connectivity index (χ1) is 12.6. The maximum absolute atomic E-state index is 15.4. The zero-order chi connectivity index (χ0) is 19.9. The predicted octanol–water partition coefficient (Wildman–Crippen LogP) is 0.323. The van der Waals surface area contributed by atoms with Gasteiger partial charge in [-0.3, -0.25) is 9.79 Å². The van der Waals surface area contributed by atoms with Crippen LogP contribution < -0.4 is 10.5 Å². The first-order valence-electron chi connectivity index (χ1n) is 9.55. The second-order valence-corrected chi connectivity index (χ2v) is 10.0. The molecule has 3 fully saturated rings. The third-order valence-corrected chi connectivity index (χ3v) is 7.32. The summed E-state index contributed by atoms with van der Waals surface area (Å²) in [6.45, 7) is 3.65. The number of aliphatic hydroxyl groups is 1. The Bertz CT molecular complexity index is 714. The Labute approximate surface area is 159 Å². The largest absolute Gasteiger partial charge is 0.391 e. The Morgan fingerprint density at radius 1 is 1.41 bits per heavy atom. The summed E-state index contributed by atoms with van der Waals surface area (Å²) in [6, 6.07) is -1.33. The van der Waals surface area contributed by atoms with Crippen LogP contribution in [0, 0.1) is 17.8 Å². The van der Waals surface area contributed by atoms with E-state index in [1.807, 2.05) is 4.72 Å². The topological polar surface area (TPSA) is 125 Å². The number of hydrogen-bond donors (Lipinski definition) is 3. The number of fused-ring (bicyclic) bond motifs is 1. The molecule has 0 aromatic carbocycles. The minimum atomic E-state index is -4.10. The lowest BCUT2D eigenvalue weighted by Gasteiger charge is -2.47. The van der Waals surface area contributed by atoms with Gasteiger partial charge in [-0.05, 0) is 43.4 Å². The second kappa shape index (κ2) is 7.63. The van der Waals surface area contributed by atoms with Crippen molar-refractivity contribution in [3.63, 3.8) is 0 Å². The number of amides is 1. The number of alkyl halides is 1. The number of aliphatic hydroxyl groups excluding tert-OH is 1. The first kappa shape index (κ1) is 20.5. The highest BCUT2D eigenvalue weighted by Gasteiger charge is 2.53. The maximum atomic E-state index is 15.4. The van der Waals surface area contributed by atoms with Crippen molar-refractivity contribution in [2.24, 2.45) is 28.5 Å². The van der Waals surface area contributed by atoms with Crippen molar-refractivity contribution in [3.8, 4) is 0 Å². The predicted molar refractivity (Wildman–Crippen MR) is 98.8 cm³/mol. The summed E-state index contributed by atoms with van der Waals surface area (Å²) in [6.07, 6.45) is 0.316. The molecule has 1 heterocycles. The minimum Gasteiger partial charge on any atom is -0.391 e. The summed E-state index contributed by atoms with van der Waals surface area (Å²) in [5.41, 5.74) is 5.99. The lowest BCUT2D eigenvalue weighted by molar-refractivity contribution is -0.119.